The summed E-state index contributed by atoms with van der Waals surface area (Å²) in [5, 5.41) is 9.62. The standard InChI is InChI=1S/C21H26O7/c1-12(2)20(24)26-11-16-7-5-6-15(10-22)8-18-19(13(3)21(25)28-18)17(9-16)27-14(4)23/h7-8,17-19,22H,1,3,5-6,9-11H2,2,4H3/b15-8+,16-7-/t17-,18-,19-/m1/s1. The number of ether oxygens (including phenoxy) is 3. The van der Waals surface area contributed by atoms with E-state index in [1.54, 1.807) is 13.0 Å². The SMILES string of the molecule is C=C(C)C(=O)OC/C1=C\CC/C(CO)=C\[C@H]2OC(=O)C(=C)[C@@H]2[C@H](OC(C)=O)C1. The molecule has 0 aromatic heterocycles. The summed E-state index contributed by atoms with van der Waals surface area (Å²) in [6.45, 7) is 10.0. The maximum atomic E-state index is 12.1. The van der Waals surface area contributed by atoms with Gasteiger partial charge in [-0.2, -0.15) is 0 Å². The summed E-state index contributed by atoms with van der Waals surface area (Å²) in [6.07, 6.45) is 3.62. The third-order valence-electron chi connectivity index (χ3n) is 4.68. The Morgan fingerprint density at radius 1 is 1.32 bits per heavy atom. The van der Waals surface area contributed by atoms with Gasteiger partial charge >= 0.3 is 17.9 Å². The Morgan fingerprint density at radius 2 is 2.04 bits per heavy atom. The Balaban J connectivity index is 2.35. The van der Waals surface area contributed by atoms with Crippen LogP contribution in [-0.4, -0.2) is 48.4 Å². The van der Waals surface area contributed by atoms with Crippen LogP contribution in [0.25, 0.3) is 0 Å². The van der Waals surface area contributed by atoms with Crippen LogP contribution < -0.4 is 0 Å². The maximum absolute atomic E-state index is 12.1. The maximum Gasteiger partial charge on any atom is 0.334 e. The molecular formula is C21H26O7. The predicted octanol–water partition coefficient (Wildman–Crippen LogP) is 2.16. The molecule has 2 rings (SSSR count). The summed E-state index contributed by atoms with van der Waals surface area (Å²) >= 11 is 0. The molecule has 1 N–H and O–H groups in total. The molecule has 0 bridgehead atoms. The minimum absolute atomic E-state index is 0.0142. The second-order valence-electron chi connectivity index (χ2n) is 7.01. The number of carbonyl (C=O) groups excluding carboxylic acids is 3. The molecule has 0 unspecified atom stereocenters. The van der Waals surface area contributed by atoms with Gasteiger partial charge in [0.25, 0.3) is 0 Å². The molecule has 7 heteroatoms. The number of hydrogen-bond acceptors (Lipinski definition) is 7. The van der Waals surface area contributed by atoms with Crippen LogP contribution in [0.4, 0.5) is 0 Å². The normalized spacial score (nSPS) is 28.8. The fourth-order valence-electron chi connectivity index (χ4n) is 3.29. The van der Waals surface area contributed by atoms with E-state index < -0.39 is 36.0 Å². The topological polar surface area (TPSA) is 99.1 Å². The summed E-state index contributed by atoms with van der Waals surface area (Å²) in [7, 11) is 0. The Kier molecular flexibility index (Phi) is 7.34. The highest BCUT2D eigenvalue weighted by Crippen LogP contribution is 2.36. The van der Waals surface area contributed by atoms with Crippen molar-refractivity contribution < 1.29 is 33.7 Å². The Hall–Kier alpha value is -2.67. The molecule has 1 saturated heterocycles. The Labute approximate surface area is 164 Å². The zero-order valence-electron chi connectivity index (χ0n) is 16.2. The van der Waals surface area contributed by atoms with E-state index in [1.807, 2.05) is 6.08 Å². The minimum Gasteiger partial charge on any atom is -0.461 e. The van der Waals surface area contributed by atoms with Crippen molar-refractivity contribution in [1.29, 1.82) is 0 Å². The van der Waals surface area contributed by atoms with Crippen LogP contribution >= 0.6 is 0 Å². The number of allylic oxidation sites excluding steroid dienone is 1. The van der Waals surface area contributed by atoms with Gasteiger partial charge in [-0.25, -0.2) is 9.59 Å². The highest BCUT2D eigenvalue weighted by molar-refractivity contribution is 5.91. The summed E-state index contributed by atoms with van der Waals surface area (Å²) < 4.78 is 16.1. The van der Waals surface area contributed by atoms with Crippen LogP contribution in [0.2, 0.25) is 0 Å². The van der Waals surface area contributed by atoms with E-state index in [0.29, 0.717) is 18.4 Å². The summed E-state index contributed by atoms with van der Waals surface area (Å²) in [6, 6.07) is 0. The number of carbonyl (C=O) groups is 3. The van der Waals surface area contributed by atoms with Gasteiger partial charge in [0.2, 0.25) is 0 Å². The molecule has 0 aromatic carbocycles. The van der Waals surface area contributed by atoms with Crippen molar-refractivity contribution in [3.8, 4) is 0 Å². The second-order valence-corrected chi connectivity index (χ2v) is 7.01. The molecule has 0 amide bonds. The third-order valence-corrected chi connectivity index (χ3v) is 4.68. The van der Waals surface area contributed by atoms with Crippen molar-refractivity contribution in [2.75, 3.05) is 13.2 Å². The lowest BCUT2D eigenvalue weighted by Crippen LogP contribution is -2.33. The number of hydrogen-bond donors (Lipinski definition) is 1. The molecule has 0 aromatic rings. The molecule has 0 radical (unpaired) electrons. The van der Waals surface area contributed by atoms with E-state index in [9.17, 15) is 19.5 Å². The number of rotatable bonds is 5. The minimum atomic E-state index is -0.717. The van der Waals surface area contributed by atoms with Gasteiger partial charge in [-0.15, -0.1) is 0 Å². The molecule has 28 heavy (non-hydrogen) atoms. The fraction of sp³-hybridized carbons (Fsp3) is 0.476. The first-order valence-electron chi connectivity index (χ1n) is 9.10. The lowest BCUT2D eigenvalue weighted by molar-refractivity contribution is -0.149. The second kappa shape index (κ2) is 9.50. The van der Waals surface area contributed by atoms with Crippen molar-refractivity contribution in [3.63, 3.8) is 0 Å². The molecule has 1 heterocycles. The van der Waals surface area contributed by atoms with Crippen LogP contribution in [0.15, 0.2) is 47.6 Å². The van der Waals surface area contributed by atoms with Crippen molar-refractivity contribution in [3.05, 3.63) is 47.6 Å². The average molecular weight is 390 g/mol. The molecule has 0 spiro atoms. The molecule has 3 atom stereocenters. The van der Waals surface area contributed by atoms with Crippen LogP contribution in [0, 0.1) is 5.92 Å². The average Bonchev–Trinajstić information content (AvgIpc) is 2.90. The van der Waals surface area contributed by atoms with Gasteiger partial charge in [0.15, 0.2) is 0 Å². The van der Waals surface area contributed by atoms with Gasteiger partial charge < -0.3 is 19.3 Å². The van der Waals surface area contributed by atoms with E-state index >= 15 is 0 Å². The first kappa shape index (κ1) is 21.6. The van der Waals surface area contributed by atoms with Crippen molar-refractivity contribution in [1.82, 2.24) is 0 Å². The molecular weight excluding hydrogens is 364 g/mol. The molecule has 1 aliphatic heterocycles. The largest absolute Gasteiger partial charge is 0.461 e. The highest BCUT2D eigenvalue weighted by atomic mass is 16.6. The van der Waals surface area contributed by atoms with Crippen LogP contribution in [0.5, 0.6) is 0 Å². The molecule has 152 valence electrons. The van der Waals surface area contributed by atoms with Crippen molar-refractivity contribution >= 4 is 17.9 Å². The van der Waals surface area contributed by atoms with Gasteiger partial charge in [0.1, 0.15) is 18.8 Å². The van der Waals surface area contributed by atoms with Gasteiger partial charge in [-0.05, 0) is 37.0 Å². The summed E-state index contributed by atoms with van der Waals surface area (Å²) in [5.41, 5.74) is 1.94. The number of aliphatic hydroxyl groups is 1. The molecule has 1 aliphatic carbocycles. The number of aliphatic hydroxyl groups excluding tert-OH is 1. The van der Waals surface area contributed by atoms with Crippen LogP contribution in [0.1, 0.15) is 33.1 Å². The first-order chi connectivity index (χ1) is 13.2. The zero-order chi connectivity index (χ0) is 20.8. The van der Waals surface area contributed by atoms with Crippen LogP contribution in [0.3, 0.4) is 0 Å². The van der Waals surface area contributed by atoms with E-state index in [2.05, 4.69) is 13.2 Å². The molecule has 2 aliphatic rings. The van der Waals surface area contributed by atoms with Gasteiger partial charge in [-0.3, -0.25) is 4.79 Å². The highest BCUT2D eigenvalue weighted by Gasteiger charge is 2.44. The smallest absolute Gasteiger partial charge is 0.334 e. The summed E-state index contributed by atoms with van der Waals surface area (Å²) in [5.74, 6) is -2.16. The number of esters is 3. The molecule has 0 saturated carbocycles. The van der Waals surface area contributed by atoms with Crippen molar-refractivity contribution in [2.24, 2.45) is 5.92 Å². The Bertz CT molecular complexity index is 744. The lowest BCUT2D eigenvalue weighted by atomic mass is 9.85. The van der Waals surface area contributed by atoms with Crippen molar-refractivity contribution in [2.45, 2.75) is 45.3 Å². The molecule has 7 nitrogen and oxygen atoms in total. The third kappa shape index (κ3) is 5.42. The Morgan fingerprint density at radius 3 is 2.64 bits per heavy atom. The zero-order valence-corrected chi connectivity index (χ0v) is 16.2. The van der Waals surface area contributed by atoms with Gasteiger partial charge in [0.05, 0.1) is 12.5 Å². The van der Waals surface area contributed by atoms with E-state index in [-0.39, 0.29) is 30.8 Å². The lowest BCUT2D eigenvalue weighted by Gasteiger charge is -2.27. The quantitative estimate of drug-likeness (QED) is 0.332. The predicted molar refractivity (Wildman–Crippen MR) is 101 cm³/mol. The molecule has 1 fully saturated rings. The van der Waals surface area contributed by atoms with Gasteiger partial charge in [-0.1, -0.05) is 19.2 Å². The van der Waals surface area contributed by atoms with E-state index in [4.69, 9.17) is 14.2 Å². The van der Waals surface area contributed by atoms with E-state index in [0.717, 1.165) is 5.57 Å². The van der Waals surface area contributed by atoms with Gasteiger partial charge in [0, 0.05) is 24.5 Å². The van der Waals surface area contributed by atoms with Crippen LogP contribution in [-0.2, 0) is 28.6 Å². The monoisotopic (exact) mass is 390 g/mol. The fourth-order valence-corrected chi connectivity index (χ4v) is 3.29. The number of fused-ring (bicyclic) bond motifs is 1. The van der Waals surface area contributed by atoms with E-state index in [1.165, 1.54) is 6.92 Å². The summed E-state index contributed by atoms with van der Waals surface area (Å²) in [4.78, 5) is 35.5. The first-order valence-corrected chi connectivity index (χ1v) is 9.10.